The number of alkyl halides is 3. The highest BCUT2D eigenvalue weighted by Crippen LogP contribution is 2.37. The van der Waals surface area contributed by atoms with Gasteiger partial charge in [-0.05, 0) is 57.2 Å². The highest BCUT2D eigenvalue weighted by molar-refractivity contribution is 6.01. The Bertz CT molecular complexity index is 780. The van der Waals surface area contributed by atoms with Gasteiger partial charge in [-0.3, -0.25) is 4.79 Å². The van der Waals surface area contributed by atoms with Gasteiger partial charge in [0.1, 0.15) is 11.6 Å². The highest BCUT2D eigenvalue weighted by atomic mass is 19.4. The molecule has 0 radical (unpaired) electrons. The summed E-state index contributed by atoms with van der Waals surface area (Å²) < 4.78 is 44.9. The summed E-state index contributed by atoms with van der Waals surface area (Å²) in [5, 5.41) is 2.59. The van der Waals surface area contributed by atoms with Crippen LogP contribution in [0.3, 0.4) is 0 Å². The maximum atomic E-state index is 13.2. The molecular weight excluding hydrogens is 385 g/mol. The molecular formula is C21H27F3N2O3. The smallest absolute Gasteiger partial charge is 0.416 e. The van der Waals surface area contributed by atoms with Gasteiger partial charge in [-0.15, -0.1) is 0 Å². The number of carbonyl (C=O) groups excluding carboxylic acids is 2. The molecule has 0 spiro atoms. The zero-order valence-corrected chi connectivity index (χ0v) is 16.9. The maximum absolute atomic E-state index is 13.2. The van der Waals surface area contributed by atoms with Crippen molar-refractivity contribution in [3.63, 3.8) is 0 Å². The Kier molecular flexibility index (Phi) is 5.83. The summed E-state index contributed by atoms with van der Waals surface area (Å²) in [4.78, 5) is 26.7. The number of rotatable bonds is 3. The largest absolute Gasteiger partial charge is 0.444 e. The van der Waals surface area contributed by atoms with Crippen molar-refractivity contribution in [2.45, 2.75) is 70.7 Å². The SMILES string of the molecule is CC(C)(C)OC(=O)N[C@@H]1Cc2ccc(C(F)(F)F)cc2N(CC2CCCC2)C1=O. The quantitative estimate of drug-likeness (QED) is 0.784. The van der Waals surface area contributed by atoms with E-state index in [9.17, 15) is 22.8 Å². The number of anilines is 1. The molecule has 2 amide bonds. The van der Waals surface area contributed by atoms with E-state index in [1.54, 1.807) is 20.8 Å². The van der Waals surface area contributed by atoms with Gasteiger partial charge in [0.05, 0.1) is 5.56 Å². The van der Waals surface area contributed by atoms with Crippen molar-refractivity contribution in [2.24, 2.45) is 5.92 Å². The molecule has 5 nitrogen and oxygen atoms in total. The number of nitrogens with zero attached hydrogens (tertiary/aromatic N) is 1. The number of nitrogens with one attached hydrogen (secondary N) is 1. The molecule has 29 heavy (non-hydrogen) atoms. The van der Waals surface area contributed by atoms with E-state index in [1.165, 1.54) is 11.0 Å². The molecule has 1 aromatic carbocycles. The first-order valence-corrected chi connectivity index (χ1v) is 9.95. The monoisotopic (exact) mass is 412 g/mol. The molecule has 1 atom stereocenters. The molecule has 8 heteroatoms. The van der Waals surface area contributed by atoms with Crippen molar-refractivity contribution in [1.82, 2.24) is 5.32 Å². The zero-order valence-electron chi connectivity index (χ0n) is 16.9. The summed E-state index contributed by atoms with van der Waals surface area (Å²) in [6.45, 7) is 5.51. The number of fused-ring (bicyclic) bond motifs is 1. The van der Waals surface area contributed by atoms with Gasteiger partial charge in [-0.2, -0.15) is 13.2 Å². The van der Waals surface area contributed by atoms with Crippen molar-refractivity contribution in [3.8, 4) is 0 Å². The molecule has 1 N–H and O–H groups in total. The third kappa shape index (κ3) is 5.22. The Balaban J connectivity index is 1.89. The molecule has 1 aliphatic carbocycles. The second kappa shape index (κ2) is 7.88. The highest BCUT2D eigenvalue weighted by Gasteiger charge is 2.38. The van der Waals surface area contributed by atoms with Gasteiger partial charge in [0.15, 0.2) is 0 Å². The van der Waals surface area contributed by atoms with E-state index in [0.717, 1.165) is 37.8 Å². The molecule has 1 saturated carbocycles. The number of amides is 2. The lowest BCUT2D eigenvalue weighted by Crippen LogP contribution is -2.54. The van der Waals surface area contributed by atoms with Gasteiger partial charge in [-0.1, -0.05) is 18.9 Å². The van der Waals surface area contributed by atoms with Gasteiger partial charge >= 0.3 is 12.3 Å². The first kappa shape index (κ1) is 21.5. The maximum Gasteiger partial charge on any atom is 0.416 e. The second-order valence-electron chi connectivity index (χ2n) is 8.84. The van der Waals surface area contributed by atoms with E-state index in [4.69, 9.17) is 4.74 Å². The lowest BCUT2D eigenvalue weighted by Gasteiger charge is -2.36. The second-order valence-corrected chi connectivity index (χ2v) is 8.84. The van der Waals surface area contributed by atoms with Crippen molar-refractivity contribution in [3.05, 3.63) is 29.3 Å². The third-order valence-corrected chi connectivity index (χ3v) is 5.30. The number of ether oxygens (including phenoxy) is 1. The van der Waals surface area contributed by atoms with Crippen LogP contribution in [0.4, 0.5) is 23.7 Å². The molecule has 0 bridgehead atoms. The summed E-state index contributed by atoms with van der Waals surface area (Å²) in [7, 11) is 0. The van der Waals surface area contributed by atoms with E-state index >= 15 is 0 Å². The van der Waals surface area contributed by atoms with Crippen LogP contribution in [-0.4, -0.2) is 30.2 Å². The van der Waals surface area contributed by atoms with Crippen LogP contribution >= 0.6 is 0 Å². The van der Waals surface area contributed by atoms with E-state index < -0.39 is 35.4 Å². The normalized spacial score (nSPS) is 20.6. The van der Waals surface area contributed by atoms with Gasteiger partial charge in [0.2, 0.25) is 5.91 Å². The molecule has 1 aromatic rings. The average molecular weight is 412 g/mol. The van der Waals surface area contributed by atoms with E-state index in [1.807, 2.05) is 0 Å². The molecule has 1 aliphatic heterocycles. The Morgan fingerprint density at radius 2 is 1.86 bits per heavy atom. The standard InChI is InChI=1S/C21H27F3N2O3/c1-20(2,3)29-19(28)25-16-10-14-8-9-15(21(22,23)24)11-17(14)26(18(16)27)12-13-6-4-5-7-13/h8-9,11,13,16H,4-7,10,12H2,1-3H3,(H,25,28)/t16-/m1/s1. The van der Waals surface area contributed by atoms with Crippen molar-refractivity contribution >= 4 is 17.7 Å². The zero-order chi connectivity index (χ0) is 21.4. The minimum atomic E-state index is -4.48. The van der Waals surface area contributed by atoms with Crippen LogP contribution in [0.15, 0.2) is 18.2 Å². The average Bonchev–Trinajstić information content (AvgIpc) is 3.08. The van der Waals surface area contributed by atoms with Gasteiger partial charge in [0, 0.05) is 18.7 Å². The van der Waals surface area contributed by atoms with Crippen molar-refractivity contribution < 1.29 is 27.5 Å². The van der Waals surface area contributed by atoms with E-state index in [2.05, 4.69) is 5.32 Å². The number of benzene rings is 1. The molecule has 1 heterocycles. The van der Waals surface area contributed by atoms with Crippen LogP contribution < -0.4 is 10.2 Å². The molecule has 160 valence electrons. The van der Waals surface area contributed by atoms with E-state index in [-0.39, 0.29) is 12.3 Å². The molecule has 3 rings (SSSR count). The predicted octanol–water partition coefficient (Wildman–Crippen LogP) is 4.68. The van der Waals surface area contributed by atoms with Crippen LogP contribution in [0.5, 0.6) is 0 Å². The topological polar surface area (TPSA) is 58.6 Å². The summed E-state index contributed by atoms with van der Waals surface area (Å²) in [6, 6.07) is 2.60. The van der Waals surface area contributed by atoms with Crippen LogP contribution in [0.1, 0.15) is 57.6 Å². The lowest BCUT2D eigenvalue weighted by atomic mass is 9.94. The van der Waals surface area contributed by atoms with Crippen LogP contribution in [-0.2, 0) is 22.1 Å². The van der Waals surface area contributed by atoms with Crippen molar-refractivity contribution in [1.29, 1.82) is 0 Å². The number of carbonyl (C=O) groups is 2. The Morgan fingerprint density at radius 3 is 2.45 bits per heavy atom. The Morgan fingerprint density at radius 1 is 1.21 bits per heavy atom. The number of hydrogen-bond acceptors (Lipinski definition) is 3. The lowest BCUT2D eigenvalue weighted by molar-refractivity contribution is -0.137. The first-order valence-electron chi connectivity index (χ1n) is 9.95. The third-order valence-electron chi connectivity index (χ3n) is 5.30. The summed E-state index contributed by atoms with van der Waals surface area (Å²) >= 11 is 0. The van der Waals surface area contributed by atoms with Crippen LogP contribution in [0.25, 0.3) is 0 Å². The minimum absolute atomic E-state index is 0.132. The fourth-order valence-corrected chi connectivity index (χ4v) is 3.98. The number of halogens is 3. The molecule has 0 aromatic heterocycles. The van der Waals surface area contributed by atoms with Gasteiger partial charge < -0.3 is 15.0 Å². The fourth-order valence-electron chi connectivity index (χ4n) is 3.98. The summed E-state index contributed by atoms with van der Waals surface area (Å²) in [5.74, 6) is -0.142. The molecule has 0 saturated heterocycles. The first-order chi connectivity index (χ1) is 13.4. The number of hydrogen-bond donors (Lipinski definition) is 1. The van der Waals surface area contributed by atoms with Gasteiger partial charge in [0.25, 0.3) is 0 Å². The Labute approximate surface area is 168 Å². The van der Waals surface area contributed by atoms with Gasteiger partial charge in [-0.25, -0.2) is 4.79 Å². The minimum Gasteiger partial charge on any atom is -0.444 e. The van der Waals surface area contributed by atoms with Crippen molar-refractivity contribution in [2.75, 3.05) is 11.4 Å². The molecule has 0 unspecified atom stereocenters. The fraction of sp³-hybridized carbons (Fsp3) is 0.619. The van der Waals surface area contributed by atoms with Crippen LogP contribution in [0.2, 0.25) is 0 Å². The molecule has 1 fully saturated rings. The summed E-state index contributed by atoms with van der Waals surface area (Å²) in [5.41, 5.74) is -0.597. The summed E-state index contributed by atoms with van der Waals surface area (Å²) in [6.07, 6.45) is -1.06. The molecule has 2 aliphatic rings. The van der Waals surface area contributed by atoms with E-state index in [0.29, 0.717) is 17.8 Å². The van der Waals surface area contributed by atoms with Crippen LogP contribution in [0, 0.1) is 5.92 Å². The Hall–Kier alpha value is -2.25. The number of alkyl carbamates (subject to hydrolysis) is 1. The predicted molar refractivity (Wildman–Crippen MR) is 103 cm³/mol.